The number of urea groups is 1. The van der Waals surface area contributed by atoms with Crippen LogP contribution in [0.3, 0.4) is 0 Å². The number of carbonyl (C=O) groups is 1. The second kappa shape index (κ2) is 15.9. The van der Waals surface area contributed by atoms with Crippen LogP contribution in [0.5, 0.6) is 11.5 Å². The van der Waals surface area contributed by atoms with E-state index in [0.717, 1.165) is 70.9 Å². The van der Waals surface area contributed by atoms with Crippen LogP contribution in [0.4, 0.5) is 4.79 Å². The molecule has 0 radical (unpaired) electrons. The van der Waals surface area contributed by atoms with Crippen molar-refractivity contribution < 1.29 is 28.8 Å². The zero-order valence-electron chi connectivity index (χ0n) is 28.8. The van der Waals surface area contributed by atoms with Gasteiger partial charge in [0, 0.05) is 44.2 Å². The van der Waals surface area contributed by atoms with Crippen LogP contribution in [-0.2, 0) is 35.6 Å². The average Bonchev–Trinajstić information content (AvgIpc) is 3.14. The van der Waals surface area contributed by atoms with Crippen LogP contribution in [0.25, 0.3) is 11.1 Å². The Balaban J connectivity index is 1.21. The van der Waals surface area contributed by atoms with Gasteiger partial charge in [0.2, 0.25) is 0 Å². The van der Waals surface area contributed by atoms with Crippen LogP contribution in [-0.4, -0.2) is 56.0 Å². The maximum absolute atomic E-state index is 11.9. The molecule has 2 aliphatic rings. The van der Waals surface area contributed by atoms with Crippen LogP contribution in [0.15, 0.2) is 84.9 Å². The first-order chi connectivity index (χ1) is 23.9. The summed E-state index contributed by atoms with van der Waals surface area (Å²) in [5.41, 5.74) is 8.59. The molecule has 2 heterocycles. The SMILES string of the molecule is CCNC(=O)NCc1cccc(-c2ccc([C@@H]3O[C@H](CN4CCc5cc(OC)c(OC)cc5C4)[C@H](C)[C@H](c4ccc(CO)cc4)O3)cc2)c1. The van der Waals surface area contributed by atoms with E-state index in [-0.39, 0.29) is 30.8 Å². The number of fused-ring (bicyclic) bond motifs is 1. The lowest BCUT2D eigenvalue weighted by atomic mass is 9.89. The van der Waals surface area contributed by atoms with Crippen molar-refractivity contribution in [1.82, 2.24) is 15.5 Å². The smallest absolute Gasteiger partial charge is 0.315 e. The van der Waals surface area contributed by atoms with Crippen molar-refractivity contribution in [3.63, 3.8) is 0 Å². The maximum atomic E-state index is 11.9. The molecule has 9 heteroatoms. The molecule has 0 bridgehead atoms. The molecule has 6 rings (SSSR count). The van der Waals surface area contributed by atoms with Crippen molar-refractivity contribution in [1.29, 1.82) is 0 Å². The van der Waals surface area contributed by atoms with Crippen LogP contribution in [0.1, 0.15) is 59.6 Å². The van der Waals surface area contributed by atoms with Gasteiger partial charge in [-0.05, 0) is 70.5 Å². The Labute approximate surface area is 289 Å². The minimum Gasteiger partial charge on any atom is -0.493 e. The van der Waals surface area contributed by atoms with Crippen LogP contribution in [0, 0.1) is 5.92 Å². The van der Waals surface area contributed by atoms with Crippen molar-refractivity contribution in [2.24, 2.45) is 5.92 Å². The topological polar surface area (TPSA) is 102 Å². The molecule has 258 valence electrons. The first kappa shape index (κ1) is 34.5. The second-order valence-electron chi connectivity index (χ2n) is 12.8. The minimum atomic E-state index is -0.549. The molecule has 4 aromatic carbocycles. The van der Waals surface area contributed by atoms with Gasteiger partial charge in [-0.3, -0.25) is 4.90 Å². The van der Waals surface area contributed by atoms with E-state index in [0.29, 0.717) is 13.1 Å². The quantitative estimate of drug-likeness (QED) is 0.168. The molecule has 0 spiro atoms. The fraction of sp³-hybridized carbons (Fsp3) is 0.375. The van der Waals surface area contributed by atoms with Crippen molar-refractivity contribution in [2.75, 3.05) is 33.9 Å². The minimum absolute atomic E-state index is 0.00275. The fourth-order valence-electron chi connectivity index (χ4n) is 6.78. The highest BCUT2D eigenvalue weighted by Crippen LogP contribution is 2.43. The summed E-state index contributed by atoms with van der Waals surface area (Å²) in [6, 6.07) is 28.6. The van der Waals surface area contributed by atoms with Crippen molar-refractivity contribution in [3.05, 3.63) is 118 Å². The van der Waals surface area contributed by atoms with Gasteiger partial charge < -0.3 is 34.7 Å². The number of carbonyl (C=O) groups excluding carboxylic acids is 1. The third kappa shape index (κ3) is 8.08. The number of nitrogens with one attached hydrogen (secondary N) is 2. The Morgan fingerprint density at radius 2 is 1.57 bits per heavy atom. The molecule has 4 aromatic rings. The van der Waals surface area contributed by atoms with Gasteiger partial charge in [0.15, 0.2) is 17.8 Å². The number of ether oxygens (including phenoxy) is 4. The number of amides is 2. The van der Waals surface area contributed by atoms with Gasteiger partial charge in [0.1, 0.15) is 0 Å². The van der Waals surface area contributed by atoms with E-state index in [9.17, 15) is 9.90 Å². The van der Waals surface area contributed by atoms with E-state index < -0.39 is 6.29 Å². The number of hydrogen-bond acceptors (Lipinski definition) is 7. The number of hydrogen-bond donors (Lipinski definition) is 3. The van der Waals surface area contributed by atoms with Crippen LogP contribution < -0.4 is 20.1 Å². The normalized spacial score (nSPS) is 20.7. The largest absolute Gasteiger partial charge is 0.493 e. The third-order valence-electron chi connectivity index (χ3n) is 9.59. The Morgan fingerprint density at radius 1 is 0.857 bits per heavy atom. The summed E-state index contributed by atoms with van der Waals surface area (Å²) in [4.78, 5) is 14.3. The van der Waals surface area contributed by atoms with Gasteiger partial charge in [-0.15, -0.1) is 0 Å². The van der Waals surface area contributed by atoms with E-state index >= 15 is 0 Å². The number of aliphatic hydroxyl groups is 1. The van der Waals surface area contributed by atoms with Crippen LogP contribution in [0.2, 0.25) is 0 Å². The Hall–Kier alpha value is -4.41. The van der Waals surface area contributed by atoms with Crippen molar-refractivity contribution >= 4 is 6.03 Å². The molecule has 0 aliphatic carbocycles. The van der Waals surface area contributed by atoms with Gasteiger partial charge in [0.05, 0.1) is 33.0 Å². The molecule has 0 aromatic heterocycles. The zero-order valence-corrected chi connectivity index (χ0v) is 28.8. The summed E-state index contributed by atoms with van der Waals surface area (Å²) in [7, 11) is 3.35. The maximum Gasteiger partial charge on any atom is 0.315 e. The fourth-order valence-corrected chi connectivity index (χ4v) is 6.78. The zero-order chi connectivity index (χ0) is 34.3. The number of aliphatic hydroxyl groups excluding tert-OH is 1. The summed E-state index contributed by atoms with van der Waals surface area (Å²) in [6.45, 7) is 7.62. The van der Waals surface area contributed by atoms with Gasteiger partial charge >= 0.3 is 6.03 Å². The monoisotopic (exact) mass is 665 g/mol. The summed E-state index contributed by atoms with van der Waals surface area (Å²) in [5.74, 6) is 1.59. The van der Waals surface area contributed by atoms with Gasteiger partial charge in [0.25, 0.3) is 0 Å². The molecule has 1 fully saturated rings. The summed E-state index contributed by atoms with van der Waals surface area (Å²) in [6.07, 6.45) is 0.100. The Bertz CT molecular complexity index is 1710. The lowest BCUT2D eigenvalue weighted by molar-refractivity contribution is -0.276. The number of benzene rings is 4. The van der Waals surface area contributed by atoms with E-state index in [4.69, 9.17) is 18.9 Å². The first-order valence-corrected chi connectivity index (χ1v) is 17.1. The molecule has 4 atom stereocenters. The average molecular weight is 666 g/mol. The van der Waals surface area contributed by atoms with E-state index in [1.807, 2.05) is 31.2 Å². The lowest BCUT2D eigenvalue weighted by Gasteiger charge is -2.43. The lowest BCUT2D eigenvalue weighted by Crippen LogP contribution is -2.45. The molecular weight excluding hydrogens is 618 g/mol. The molecule has 49 heavy (non-hydrogen) atoms. The molecule has 0 unspecified atom stereocenters. The molecule has 3 N–H and O–H groups in total. The summed E-state index contributed by atoms with van der Waals surface area (Å²) < 4.78 is 24.7. The number of nitrogens with zero attached hydrogens (tertiary/aromatic N) is 1. The summed E-state index contributed by atoms with van der Waals surface area (Å²) in [5, 5.41) is 15.3. The molecule has 0 saturated carbocycles. The highest BCUT2D eigenvalue weighted by molar-refractivity contribution is 5.74. The standard InChI is InChI=1S/C40H47N3O6/c1-5-41-40(45)42-22-28-7-6-8-32(19-28)29-13-15-31(16-14-29)39-48-37(26(2)38(49-39)30-11-9-27(25-44)10-12-30)24-43-18-17-33-20-35(46-3)36(47-4)21-34(33)23-43/h6-16,19-21,26,37-39,44H,5,17-18,22-25H2,1-4H3,(H2,41,42,45)/t26-,37+,38+,39+/m0/s1. The Morgan fingerprint density at radius 3 is 2.27 bits per heavy atom. The molecule has 1 saturated heterocycles. The second-order valence-corrected chi connectivity index (χ2v) is 12.8. The van der Waals surface area contributed by atoms with Crippen LogP contribution >= 0.6 is 0 Å². The van der Waals surface area contributed by atoms with E-state index in [1.165, 1.54) is 11.1 Å². The summed E-state index contributed by atoms with van der Waals surface area (Å²) >= 11 is 0. The first-order valence-electron chi connectivity index (χ1n) is 17.1. The van der Waals surface area contributed by atoms with Gasteiger partial charge in [-0.2, -0.15) is 0 Å². The highest BCUT2D eigenvalue weighted by atomic mass is 16.7. The molecular formula is C40H47N3O6. The third-order valence-corrected chi connectivity index (χ3v) is 9.59. The number of methoxy groups -OCH3 is 2. The van der Waals surface area contributed by atoms with Gasteiger partial charge in [-0.1, -0.05) is 73.7 Å². The predicted octanol–water partition coefficient (Wildman–Crippen LogP) is 6.53. The van der Waals surface area contributed by atoms with E-state index in [1.54, 1.807) is 14.2 Å². The van der Waals surface area contributed by atoms with Crippen molar-refractivity contribution in [2.45, 2.75) is 58.5 Å². The van der Waals surface area contributed by atoms with E-state index in [2.05, 4.69) is 83.1 Å². The molecule has 2 aliphatic heterocycles. The molecule has 9 nitrogen and oxygen atoms in total. The van der Waals surface area contributed by atoms with Crippen molar-refractivity contribution in [3.8, 4) is 22.6 Å². The number of rotatable bonds is 11. The predicted molar refractivity (Wildman–Crippen MR) is 189 cm³/mol. The Kier molecular flexibility index (Phi) is 11.2. The van der Waals surface area contributed by atoms with Gasteiger partial charge in [-0.25, -0.2) is 4.79 Å². The highest BCUT2D eigenvalue weighted by Gasteiger charge is 2.39. The molecule has 2 amide bonds.